The molecule has 0 saturated carbocycles. The highest BCUT2D eigenvalue weighted by atomic mass is 35.5. The molecule has 5 nitrogen and oxygen atoms in total. The second-order valence-electron chi connectivity index (χ2n) is 3.35. The minimum Gasteiger partial charge on any atom is -0.304 e. The van der Waals surface area contributed by atoms with Crippen LogP contribution >= 0.6 is 11.6 Å². The van der Waals surface area contributed by atoms with Crippen LogP contribution in [0, 0.1) is 6.92 Å². The summed E-state index contributed by atoms with van der Waals surface area (Å²) in [5, 5.41) is 2.79. The monoisotopic (exact) mass is 248 g/mol. The van der Waals surface area contributed by atoms with Gasteiger partial charge in [0, 0.05) is 5.69 Å². The zero-order valence-electron chi connectivity index (χ0n) is 9.01. The molecule has 0 radical (unpaired) electrons. The fourth-order valence-corrected chi connectivity index (χ4v) is 1.40. The lowest BCUT2D eigenvalue weighted by molar-refractivity contribution is 0.102. The van der Waals surface area contributed by atoms with Crippen molar-refractivity contribution in [3.63, 3.8) is 0 Å². The second-order valence-corrected chi connectivity index (χ2v) is 3.73. The predicted octanol–water partition coefficient (Wildman–Crippen LogP) is 2.09. The Bertz CT molecular complexity index is 559. The minimum absolute atomic E-state index is 0.222. The first kappa shape index (κ1) is 11.5. The number of aromatic nitrogens is 3. The molecule has 2 heterocycles. The average Bonchev–Trinajstić information content (AvgIpc) is 2.29. The van der Waals surface area contributed by atoms with E-state index in [1.165, 1.54) is 12.4 Å². The van der Waals surface area contributed by atoms with E-state index in [1.807, 2.05) is 13.0 Å². The van der Waals surface area contributed by atoms with Gasteiger partial charge in [0.2, 0.25) is 0 Å². The van der Waals surface area contributed by atoms with Gasteiger partial charge in [0.25, 0.3) is 5.91 Å². The normalized spacial score (nSPS) is 10.0. The number of amides is 1. The number of hydrogen-bond donors (Lipinski definition) is 1. The van der Waals surface area contributed by atoms with E-state index in [4.69, 9.17) is 11.6 Å². The molecule has 0 spiro atoms. The molecule has 2 rings (SSSR count). The minimum atomic E-state index is -0.342. The summed E-state index contributed by atoms with van der Waals surface area (Å²) in [5.41, 5.74) is 1.10. The molecule has 2 aromatic rings. The number of nitrogens with zero attached hydrogens (tertiary/aromatic N) is 3. The average molecular weight is 249 g/mol. The summed E-state index contributed by atoms with van der Waals surface area (Å²) in [4.78, 5) is 23.6. The maximum absolute atomic E-state index is 11.8. The highest BCUT2D eigenvalue weighted by Crippen LogP contribution is 2.08. The van der Waals surface area contributed by atoms with E-state index in [0.717, 1.165) is 5.69 Å². The van der Waals surface area contributed by atoms with Crippen LogP contribution in [0.4, 0.5) is 5.82 Å². The second kappa shape index (κ2) is 4.88. The van der Waals surface area contributed by atoms with Gasteiger partial charge in [-0.25, -0.2) is 9.97 Å². The number of rotatable bonds is 2. The molecule has 0 aromatic carbocycles. The van der Waals surface area contributed by atoms with Crippen LogP contribution in [0.2, 0.25) is 5.15 Å². The van der Waals surface area contributed by atoms with Gasteiger partial charge in [0.15, 0.2) is 5.82 Å². The summed E-state index contributed by atoms with van der Waals surface area (Å²) in [6, 6.07) is 5.21. The Labute approximate surface area is 103 Å². The molecule has 17 heavy (non-hydrogen) atoms. The van der Waals surface area contributed by atoms with E-state index >= 15 is 0 Å². The molecule has 0 bridgehead atoms. The van der Waals surface area contributed by atoms with Crippen molar-refractivity contribution in [2.24, 2.45) is 0 Å². The third-order valence-electron chi connectivity index (χ3n) is 1.97. The Balaban J connectivity index is 2.17. The van der Waals surface area contributed by atoms with Gasteiger partial charge in [-0.05, 0) is 19.1 Å². The maximum atomic E-state index is 11.8. The number of nitrogens with one attached hydrogen (secondary N) is 1. The topological polar surface area (TPSA) is 67.8 Å². The lowest BCUT2D eigenvalue weighted by atomic mass is 10.3. The third-order valence-corrected chi connectivity index (χ3v) is 2.15. The quantitative estimate of drug-likeness (QED) is 0.884. The molecule has 0 fully saturated rings. The highest BCUT2D eigenvalue weighted by molar-refractivity contribution is 6.29. The van der Waals surface area contributed by atoms with E-state index in [-0.39, 0.29) is 11.1 Å². The molecular weight excluding hydrogens is 240 g/mol. The van der Waals surface area contributed by atoms with E-state index in [1.54, 1.807) is 12.1 Å². The molecule has 2 aromatic heterocycles. The lowest BCUT2D eigenvalue weighted by Gasteiger charge is -2.03. The van der Waals surface area contributed by atoms with Gasteiger partial charge in [-0.15, -0.1) is 0 Å². The Kier molecular flexibility index (Phi) is 3.30. The zero-order valence-corrected chi connectivity index (χ0v) is 9.77. The van der Waals surface area contributed by atoms with Gasteiger partial charge in [-0.1, -0.05) is 17.7 Å². The number of aryl methyl sites for hydroxylation is 1. The summed E-state index contributed by atoms with van der Waals surface area (Å²) in [6.45, 7) is 1.82. The number of carbonyl (C=O) groups excluding carboxylic acids is 1. The largest absolute Gasteiger partial charge is 0.304 e. The van der Waals surface area contributed by atoms with Crippen LogP contribution < -0.4 is 5.32 Å². The maximum Gasteiger partial charge on any atom is 0.275 e. The molecule has 0 aliphatic carbocycles. The van der Waals surface area contributed by atoms with Gasteiger partial charge in [-0.3, -0.25) is 9.78 Å². The van der Waals surface area contributed by atoms with Gasteiger partial charge in [-0.2, -0.15) is 0 Å². The van der Waals surface area contributed by atoms with E-state index in [2.05, 4.69) is 20.3 Å². The number of carbonyl (C=O) groups is 1. The summed E-state index contributed by atoms with van der Waals surface area (Å²) in [7, 11) is 0. The first-order chi connectivity index (χ1) is 8.15. The Morgan fingerprint density at radius 1 is 1.29 bits per heavy atom. The molecule has 1 amide bonds. The van der Waals surface area contributed by atoms with Crippen LogP contribution in [-0.2, 0) is 0 Å². The van der Waals surface area contributed by atoms with Gasteiger partial charge in [0.1, 0.15) is 10.8 Å². The van der Waals surface area contributed by atoms with Crippen molar-refractivity contribution in [3.05, 3.63) is 47.1 Å². The van der Waals surface area contributed by atoms with Crippen molar-refractivity contribution in [1.82, 2.24) is 15.0 Å². The van der Waals surface area contributed by atoms with Gasteiger partial charge >= 0.3 is 0 Å². The Morgan fingerprint density at radius 2 is 2.12 bits per heavy atom. The summed E-state index contributed by atoms with van der Waals surface area (Å²) < 4.78 is 0. The van der Waals surface area contributed by atoms with Crippen molar-refractivity contribution in [2.45, 2.75) is 6.92 Å². The summed E-state index contributed by atoms with van der Waals surface area (Å²) in [5.74, 6) is -0.0453. The number of anilines is 1. The molecule has 0 saturated heterocycles. The van der Waals surface area contributed by atoms with Crippen molar-refractivity contribution in [3.8, 4) is 0 Å². The zero-order chi connectivity index (χ0) is 12.3. The molecule has 86 valence electrons. The Morgan fingerprint density at radius 3 is 2.82 bits per heavy atom. The lowest BCUT2D eigenvalue weighted by Crippen LogP contribution is -2.15. The highest BCUT2D eigenvalue weighted by Gasteiger charge is 2.08. The first-order valence-corrected chi connectivity index (χ1v) is 5.25. The summed E-state index contributed by atoms with van der Waals surface area (Å²) in [6.07, 6.45) is 2.81. The first-order valence-electron chi connectivity index (χ1n) is 4.88. The molecule has 0 atom stereocenters. The van der Waals surface area contributed by atoms with E-state index in [9.17, 15) is 4.79 Å². The number of hydrogen-bond acceptors (Lipinski definition) is 4. The van der Waals surface area contributed by atoms with E-state index in [0.29, 0.717) is 11.5 Å². The number of pyridine rings is 1. The van der Waals surface area contributed by atoms with Gasteiger partial charge in [0.05, 0.1) is 12.4 Å². The number of halogens is 1. The van der Waals surface area contributed by atoms with Crippen LogP contribution in [0.3, 0.4) is 0 Å². The Hall–Kier alpha value is -2.01. The van der Waals surface area contributed by atoms with Crippen molar-refractivity contribution in [1.29, 1.82) is 0 Å². The molecule has 1 N–H and O–H groups in total. The third kappa shape index (κ3) is 2.98. The van der Waals surface area contributed by atoms with Crippen LogP contribution in [-0.4, -0.2) is 20.9 Å². The molecule has 0 aliphatic rings. The molecule has 6 heteroatoms. The fraction of sp³-hybridized carbons (Fsp3) is 0.0909. The van der Waals surface area contributed by atoms with Crippen LogP contribution in [0.5, 0.6) is 0 Å². The van der Waals surface area contributed by atoms with Crippen LogP contribution in [0.15, 0.2) is 30.6 Å². The van der Waals surface area contributed by atoms with Crippen LogP contribution in [0.25, 0.3) is 0 Å². The van der Waals surface area contributed by atoms with Crippen molar-refractivity contribution >= 4 is 23.3 Å². The SMILES string of the molecule is Cc1cccc(C(=O)Nc2cncc(Cl)n2)n1. The molecule has 0 aliphatic heterocycles. The van der Waals surface area contributed by atoms with Crippen molar-refractivity contribution in [2.75, 3.05) is 5.32 Å². The predicted molar refractivity (Wildman–Crippen MR) is 64.0 cm³/mol. The molecule has 0 unspecified atom stereocenters. The van der Waals surface area contributed by atoms with Crippen LogP contribution in [0.1, 0.15) is 16.2 Å². The van der Waals surface area contributed by atoms with Gasteiger partial charge < -0.3 is 5.32 Å². The summed E-state index contributed by atoms with van der Waals surface area (Å²) >= 11 is 5.66. The fourth-order valence-electron chi connectivity index (χ4n) is 1.25. The van der Waals surface area contributed by atoms with E-state index < -0.39 is 0 Å². The van der Waals surface area contributed by atoms with Crippen molar-refractivity contribution < 1.29 is 4.79 Å². The molecular formula is C11H9ClN4O. The smallest absolute Gasteiger partial charge is 0.275 e. The standard InChI is InChI=1S/C11H9ClN4O/c1-7-3-2-4-8(14-7)11(17)16-10-6-13-5-9(12)15-10/h2-6H,1H3,(H,15,16,17).